The van der Waals surface area contributed by atoms with Gasteiger partial charge >= 0.3 is 6.03 Å². The maximum Gasteiger partial charge on any atom is 0.328 e. The van der Waals surface area contributed by atoms with Gasteiger partial charge in [-0.2, -0.15) is 5.10 Å². The predicted molar refractivity (Wildman–Crippen MR) is 104 cm³/mol. The Hall–Kier alpha value is -3.06. The summed E-state index contributed by atoms with van der Waals surface area (Å²) in [5.41, 5.74) is 1.59. The van der Waals surface area contributed by atoms with Crippen molar-refractivity contribution >= 4 is 29.3 Å². The third kappa shape index (κ3) is 3.73. The largest absolute Gasteiger partial charge is 0.490 e. The van der Waals surface area contributed by atoms with Crippen LogP contribution in [0, 0.1) is 0 Å². The van der Waals surface area contributed by atoms with Crippen molar-refractivity contribution in [3.8, 4) is 17.0 Å². The van der Waals surface area contributed by atoms with Crippen molar-refractivity contribution in [2.45, 2.75) is 6.42 Å². The number of rotatable bonds is 2. The van der Waals surface area contributed by atoms with Crippen LogP contribution in [0.2, 0.25) is 5.02 Å². The highest BCUT2D eigenvalue weighted by Crippen LogP contribution is 2.33. The van der Waals surface area contributed by atoms with Crippen molar-refractivity contribution in [1.82, 2.24) is 14.8 Å². The van der Waals surface area contributed by atoms with Gasteiger partial charge in [-0.05, 0) is 30.7 Å². The topological polar surface area (TPSA) is 72.3 Å². The lowest BCUT2D eigenvalue weighted by molar-refractivity contribution is 0.256. The van der Waals surface area contributed by atoms with Crippen LogP contribution in [0.25, 0.3) is 11.3 Å². The molecule has 8 heteroatoms. The summed E-state index contributed by atoms with van der Waals surface area (Å²) in [7, 11) is 1.80. The number of aromatic nitrogens is 3. The standard InChI is InChI=1S/C19H18ClN5O2/c1-24-10-8-17(23-24)22-19(26)25-9-3-11-27-16-7-6-15(21-18(16)25)13-4-2-5-14(20)12-13/h2,4-8,10,12H,3,9,11H2,1H3,(H,22,23,26). The number of ether oxygens (including phenoxy) is 1. The van der Waals surface area contributed by atoms with Crippen LogP contribution < -0.4 is 15.0 Å². The molecular weight excluding hydrogens is 366 g/mol. The van der Waals surface area contributed by atoms with E-state index in [1.54, 1.807) is 28.9 Å². The summed E-state index contributed by atoms with van der Waals surface area (Å²) in [4.78, 5) is 19.1. The fourth-order valence-electron chi connectivity index (χ4n) is 2.92. The first-order chi connectivity index (χ1) is 13.1. The van der Waals surface area contributed by atoms with Gasteiger partial charge in [-0.1, -0.05) is 23.7 Å². The quantitative estimate of drug-likeness (QED) is 0.727. The first kappa shape index (κ1) is 17.4. The smallest absolute Gasteiger partial charge is 0.328 e. The third-order valence-electron chi connectivity index (χ3n) is 4.19. The van der Waals surface area contributed by atoms with Crippen LogP contribution >= 0.6 is 11.6 Å². The van der Waals surface area contributed by atoms with Gasteiger partial charge < -0.3 is 4.74 Å². The molecule has 0 fully saturated rings. The number of anilines is 2. The average molecular weight is 384 g/mol. The molecule has 27 heavy (non-hydrogen) atoms. The number of urea groups is 1. The SMILES string of the molecule is Cn1ccc(NC(=O)N2CCCOc3ccc(-c4cccc(Cl)c4)nc32)n1. The highest BCUT2D eigenvalue weighted by Gasteiger charge is 2.25. The van der Waals surface area contributed by atoms with E-state index < -0.39 is 0 Å². The fraction of sp³-hybridized carbons (Fsp3) is 0.211. The number of halogens is 1. The van der Waals surface area contributed by atoms with Gasteiger partial charge in [0, 0.05) is 36.4 Å². The fourth-order valence-corrected chi connectivity index (χ4v) is 3.11. The lowest BCUT2D eigenvalue weighted by Gasteiger charge is -2.21. The second-order valence-corrected chi connectivity index (χ2v) is 6.62. The summed E-state index contributed by atoms with van der Waals surface area (Å²) < 4.78 is 7.40. The van der Waals surface area contributed by atoms with Crippen molar-refractivity contribution in [3.63, 3.8) is 0 Å². The minimum Gasteiger partial charge on any atom is -0.490 e. The number of carbonyl (C=O) groups is 1. The van der Waals surface area contributed by atoms with Crippen molar-refractivity contribution < 1.29 is 9.53 Å². The summed E-state index contributed by atoms with van der Waals surface area (Å²) in [6.45, 7) is 1.02. The zero-order chi connectivity index (χ0) is 18.8. The second-order valence-electron chi connectivity index (χ2n) is 6.19. The van der Waals surface area contributed by atoms with Gasteiger partial charge in [0.05, 0.1) is 12.3 Å². The van der Waals surface area contributed by atoms with Gasteiger partial charge in [0.1, 0.15) is 0 Å². The number of hydrogen-bond donors (Lipinski definition) is 1. The Bertz CT molecular complexity index is 988. The number of carbonyl (C=O) groups excluding carboxylic acids is 1. The summed E-state index contributed by atoms with van der Waals surface area (Å²) >= 11 is 6.10. The number of aryl methyl sites for hydroxylation is 1. The highest BCUT2D eigenvalue weighted by molar-refractivity contribution is 6.30. The first-order valence-corrected chi connectivity index (χ1v) is 8.96. The van der Waals surface area contributed by atoms with E-state index in [2.05, 4.69) is 15.4 Å². The van der Waals surface area contributed by atoms with Crippen LogP contribution in [-0.4, -0.2) is 33.9 Å². The molecule has 0 atom stereocenters. The molecule has 4 rings (SSSR count). The van der Waals surface area contributed by atoms with Gasteiger partial charge in [0.15, 0.2) is 17.4 Å². The Labute approximate surface area is 161 Å². The minimum atomic E-state index is -0.295. The second kappa shape index (κ2) is 7.28. The maximum atomic E-state index is 12.8. The van der Waals surface area contributed by atoms with E-state index in [-0.39, 0.29) is 6.03 Å². The summed E-state index contributed by atoms with van der Waals surface area (Å²) in [5.74, 6) is 1.55. The number of amides is 2. The Morgan fingerprint density at radius 1 is 1.26 bits per heavy atom. The van der Waals surface area contributed by atoms with Crippen LogP contribution in [0.3, 0.4) is 0 Å². The van der Waals surface area contributed by atoms with Gasteiger partial charge in [-0.3, -0.25) is 14.9 Å². The van der Waals surface area contributed by atoms with Gasteiger partial charge in [-0.15, -0.1) is 0 Å². The molecule has 1 aromatic carbocycles. The minimum absolute atomic E-state index is 0.295. The Kier molecular flexibility index (Phi) is 4.68. The third-order valence-corrected chi connectivity index (χ3v) is 4.43. The van der Waals surface area contributed by atoms with Gasteiger partial charge in [0.2, 0.25) is 0 Å². The zero-order valence-electron chi connectivity index (χ0n) is 14.7. The number of hydrogen-bond acceptors (Lipinski definition) is 4. The number of nitrogens with zero attached hydrogens (tertiary/aromatic N) is 4. The Morgan fingerprint density at radius 2 is 2.15 bits per heavy atom. The molecular formula is C19H18ClN5O2. The van der Waals surface area contributed by atoms with Crippen molar-refractivity contribution in [2.24, 2.45) is 7.05 Å². The monoisotopic (exact) mass is 383 g/mol. The Balaban J connectivity index is 1.68. The lowest BCUT2D eigenvalue weighted by Crippen LogP contribution is -2.36. The number of pyridine rings is 1. The molecule has 2 amide bonds. The van der Waals surface area contributed by atoms with E-state index in [0.717, 1.165) is 11.3 Å². The number of fused-ring (bicyclic) bond motifs is 1. The van der Waals surface area contributed by atoms with Crippen molar-refractivity contribution in [2.75, 3.05) is 23.4 Å². The molecule has 0 spiro atoms. The van der Waals surface area contributed by atoms with Crippen molar-refractivity contribution in [3.05, 3.63) is 53.7 Å². The highest BCUT2D eigenvalue weighted by atomic mass is 35.5. The summed E-state index contributed by atoms with van der Waals surface area (Å²) in [6.07, 6.45) is 2.48. The van der Waals surface area contributed by atoms with Gasteiger partial charge in [-0.25, -0.2) is 9.78 Å². The molecule has 0 unspecified atom stereocenters. The normalized spacial score (nSPS) is 13.5. The summed E-state index contributed by atoms with van der Waals surface area (Å²) in [5, 5.41) is 7.63. The molecule has 0 saturated carbocycles. The zero-order valence-corrected chi connectivity index (χ0v) is 15.5. The molecule has 0 radical (unpaired) electrons. The lowest BCUT2D eigenvalue weighted by atomic mass is 10.1. The molecule has 0 saturated heterocycles. The van der Waals surface area contributed by atoms with Gasteiger partial charge in [0.25, 0.3) is 0 Å². The maximum absolute atomic E-state index is 12.8. The predicted octanol–water partition coefficient (Wildman–Crippen LogP) is 3.96. The first-order valence-electron chi connectivity index (χ1n) is 8.58. The molecule has 1 aliphatic rings. The molecule has 0 aliphatic carbocycles. The van der Waals surface area contributed by atoms with Crippen molar-refractivity contribution in [1.29, 1.82) is 0 Å². The van der Waals surface area contributed by atoms with E-state index in [4.69, 9.17) is 16.3 Å². The molecule has 1 aliphatic heterocycles. The molecule has 0 bridgehead atoms. The van der Waals surface area contributed by atoms with Crippen LogP contribution in [0.1, 0.15) is 6.42 Å². The van der Waals surface area contributed by atoms with E-state index in [9.17, 15) is 4.79 Å². The molecule has 2 aromatic heterocycles. The van der Waals surface area contributed by atoms with Crippen LogP contribution in [0.15, 0.2) is 48.7 Å². The van der Waals surface area contributed by atoms with E-state index in [1.165, 1.54) is 0 Å². The van der Waals surface area contributed by atoms with E-state index >= 15 is 0 Å². The molecule has 3 aromatic rings. The molecule has 1 N–H and O–H groups in total. The van der Waals surface area contributed by atoms with E-state index in [1.807, 2.05) is 36.4 Å². The van der Waals surface area contributed by atoms with Crippen LogP contribution in [0.4, 0.5) is 16.4 Å². The molecule has 138 valence electrons. The van der Waals surface area contributed by atoms with E-state index in [0.29, 0.717) is 42.0 Å². The molecule has 3 heterocycles. The molecule has 7 nitrogen and oxygen atoms in total. The van der Waals surface area contributed by atoms with Crippen LogP contribution in [-0.2, 0) is 7.05 Å². The number of nitrogens with one attached hydrogen (secondary N) is 1. The summed E-state index contributed by atoms with van der Waals surface area (Å²) in [6, 6.07) is 12.6. The number of benzene rings is 1. The average Bonchev–Trinajstić information content (AvgIpc) is 2.94. The Morgan fingerprint density at radius 3 is 2.93 bits per heavy atom. The van der Waals surface area contributed by atoms with Crippen LogP contribution in [0.5, 0.6) is 5.75 Å².